The molecule has 3 heteroatoms. The van der Waals surface area contributed by atoms with Gasteiger partial charge < -0.3 is 10.2 Å². The molecule has 0 aliphatic heterocycles. The molecule has 0 amide bonds. The van der Waals surface area contributed by atoms with E-state index in [-0.39, 0.29) is 17.0 Å². The van der Waals surface area contributed by atoms with Gasteiger partial charge in [-0.25, -0.2) is 0 Å². The van der Waals surface area contributed by atoms with Crippen molar-refractivity contribution < 1.29 is 15.0 Å². The van der Waals surface area contributed by atoms with Gasteiger partial charge in [0.1, 0.15) is 5.60 Å². The third-order valence-electron chi connectivity index (χ3n) is 1.83. The predicted octanol–water partition coefficient (Wildman–Crippen LogP) is 1.94. The Bertz CT molecular complexity index is 165. The fraction of sp³-hybridized carbons (Fsp3) is 0.900. The van der Waals surface area contributed by atoms with Crippen LogP contribution in [0.1, 0.15) is 48.0 Å². The van der Waals surface area contributed by atoms with Crippen molar-refractivity contribution >= 4 is 5.97 Å². The van der Waals surface area contributed by atoms with E-state index in [4.69, 9.17) is 4.74 Å². The summed E-state index contributed by atoms with van der Waals surface area (Å²) < 4.78 is 5.31. The van der Waals surface area contributed by atoms with Crippen LogP contribution in [-0.4, -0.2) is 17.0 Å². The number of hydrogen-bond donors (Lipinski definition) is 0. The van der Waals surface area contributed by atoms with Crippen molar-refractivity contribution in [3.05, 3.63) is 0 Å². The lowest BCUT2D eigenvalue weighted by Crippen LogP contribution is -2.33. The zero-order valence-electron chi connectivity index (χ0n) is 9.52. The van der Waals surface area contributed by atoms with E-state index in [9.17, 15) is 4.79 Å². The molecule has 0 aliphatic rings. The molecular weight excluding hydrogens is 168 g/mol. The van der Waals surface area contributed by atoms with Gasteiger partial charge >= 0.3 is 5.97 Å². The third-order valence-corrected chi connectivity index (χ3v) is 1.83. The average molecular weight is 190 g/mol. The van der Waals surface area contributed by atoms with Crippen LogP contribution in [0, 0.1) is 5.41 Å². The second kappa shape index (κ2) is 4.61. The van der Waals surface area contributed by atoms with Gasteiger partial charge in [-0.15, -0.1) is 0 Å². The van der Waals surface area contributed by atoms with E-state index in [0.717, 1.165) is 6.42 Å². The van der Waals surface area contributed by atoms with Gasteiger partial charge in [-0.3, -0.25) is 4.79 Å². The first kappa shape index (κ1) is 14.9. The highest BCUT2D eigenvalue weighted by Gasteiger charge is 2.29. The van der Waals surface area contributed by atoms with Crippen LogP contribution in [0.3, 0.4) is 0 Å². The molecule has 0 heterocycles. The zero-order chi connectivity index (χ0) is 9.99. The minimum absolute atomic E-state index is 0. The van der Waals surface area contributed by atoms with Crippen LogP contribution in [-0.2, 0) is 9.53 Å². The largest absolute Gasteiger partial charge is 0.459 e. The van der Waals surface area contributed by atoms with Crippen LogP contribution in [0.25, 0.3) is 0 Å². The normalized spacial score (nSPS) is 11.8. The van der Waals surface area contributed by atoms with Crippen molar-refractivity contribution in [1.29, 1.82) is 0 Å². The highest BCUT2D eigenvalue weighted by Crippen LogP contribution is 2.22. The number of hydrogen-bond acceptors (Lipinski definition) is 2. The molecule has 0 spiro atoms. The van der Waals surface area contributed by atoms with E-state index in [2.05, 4.69) is 0 Å². The maximum atomic E-state index is 11.4. The molecule has 0 radical (unpaired) electrons. The minimum atomic E-state index is -0.396. The monoisotopic (exact) mass is 190 g/mol. The molecule has 3 nitrogen and oxygen atoms in total. The molecule has 0 bridgehead atoms. The van der Waals surface area contributed by atoms with Crippen molar-refractivity contribution in [2.45, 2.75) is 53.6 Å². The Balaban J connectivity index is 0. The van der Waals surface area contributed by atoms with Gasteiger partial charge in [0, 0.05) is 0 Å². The third kappa shape index (κ3) is 5.64. The highest BCUT2D eigenvalue weighted by atomic mass is 16.6. The summed E-state index contributed by atoms with van der Waals surface area (Å²) in [6, 6.07) is 0. The quantitative estimate of drug-likeness (QED) is 0.625. The Kier molecular flexibility index (Phi) is 5.29. The second-order valence-corrected chi connectivity index (χ2v) is 4.75. The van der Waals surface area contributed by atoms with Gasteiger partial charge in [-0.05, 0) is 41.0 Å². The van der Waals surface area contributed by atoms with Crippen molar-refractivity contribution in [3.8, 4) is 0 Å². The molecule has 0 aromatic carbocycles. The Labute approximate surface area is 80.8 Å². The maximum Gasteiger partial charge on any atom is 0.311 e. The summed E-state index contributed by atoms with van der Waals surface area (Å²) in [5, 5.41) is 0. The Morgan fingerprint density at radius 3 is 1.77 bits per heavy atom. The summed E-state index contributed by atoms with van der Waals surface area (Å²) in [5.74, 6) is -0.130. The van der Waals surface area contributed by atoms with Gasteiger partial charge in [0.05, 0.1) is 5.41 Å². The number of rotatable bonds is 2. The smallest absolute Gasteiger partial charge is 0.311 e. The van der Waals surface area contributed by atoms with Gasteiger partial charge in [-0.1, -0.05) is 6.92 Å². The molecular formula is C10H22O3. The molecule has 0 saturated carbocycles. The van der Waals surface area contributed by atoms with Crippen LogP contribution < -0.4 is 0 Å². The summed E-state index contributed by atoms with van der Waals surface area (Å²) in [7, 11) is 0. The molecule has 80 valence electrons. The lowest BCUT2D eigenvalue weighted by Gasteiger charge is -2.27. The van der Waals surface area contributed by atoms with Crippen LogP contribution >= 0.6 is 0 Å². The standard InChI is InChI=1S/C10H20O2.H2O/c1-7-10(5,6)12-8(11)9(2,3)4;/h7H2,1-6H3;1H2. The molecule has 0 aliphatic carbocycles. The van der Waals surface area contributed by atoms with Crippen LogP contribution in [0.4, 0.5) is 0 Å². The zero-order valence-corrected chi connectivity index (χ0v) is 9.52. The predicted molar refractivity (Wildman–Crippen MR) is 53.5 cm³/mol. The van der Waals surface area contributed by atoms with Crippen molar-refractivity contribution in [1.82, 2.24) is 0 Å². The SMILES string of the molecule is CCC(C)(C)OC(=O)C(C)(C)C.O. The molecule has 0 aromatic rings. The molecule has 0 unspecified atom stereocenters. The van der Waals surface area contributed by atoms with Gasteiger partial charge in [0.25, 0.3) is 0 Å². The summed E-state index contributed by atoms with van der Waals surface area (Å²) in [5.41, 5.74) is -0.725. The first-order valence-corrected chi connectivity index (χ1v) is 4.42. The number of esters is 1. The van der Waals surface area contributed by atoms with E-state index >= 15 is 0 Å². The lowest BCUT2D eigenvalue weighted by atomic mass is 9.96. The van der Waals surface area contributed by atoms with Crippen LogP contribution in [0.5, 0.6) is 0 Å². The Morgan fingerprint density at radius 2 is 1.54 bits per heavy atom. The minimum Gasteiger partial charge on any atom is -0.459 e. The Hall–Kier alpha value is -0.570. The van der Waals surface area contributed by atoms with E-state index in [1.54, 1.807) is 0 Å². The van der Waals surface area contributed by atoms with Crippen LogP contribution in [0.2, 0.25) is 0 Å². The fourth-order valence-electron chi connectivity index (χ4n) is 0.476. The van der Waals surface area contributed by atoms with E-state index in [1.807, 2.05) is 41.5 Å². The Morgan fingerprint density at radius 1 is 1.15 bits per heavy atom. The van der Waals surface area contributed by atoms with Crippen LogP contribution in [0.15, 0.2) is 0 Å². The molecule has 0 rings (SSSR count). The molecule has 2 N–H and O–H groups in total. The molecule has 0 aromatic heterocycles. The average Bonchev–Trinajstić information content (AvgIpc) is 1.85. The second-order valence-electron chi connectivity index (χ2n) is 4.75. The maximum absolute atomic E-state index is 11.4. The van der Waals surface area contributed by atoms with Crippen molar-refractivity contribution in [2.24, 2.45) is 5.41 Å². The number of carbonyl (C=O) groups excluding carboxylic acids is 1. The topological polar surface area (TPSA) is 57.8 Å². The summed E-state index contributed by atoms with van der Waals surface area (Å²) in [6.45, 7) is 11.5. The van der Waals surface area contributed by atoms with Crippen molar-refractivity contribution in [3.63, 3.8) is 0 Å². The van der Waals surface area contributed by atoms with E-state index in [0.29, 0.717) is 0 Å². The first-order valence-electron chi connectivity index (χ1n) is 4.42. The molecule has 0 fully saturated rings. The molecule has 13 heavy (non-hydrogen) atoms. The van der Waals surface area contributed by atoms with E-state index < -0.39 is 5.41 Å². The summed E-state index contributed by atoms with van der Waals surface area (Å²) in [6.07, 6.45) is 0.842. The number of carbonyl (C=O) groups is 1. The van der Waals surface area contributed by atoms with Gasteiger partial charge in [0.2, 0.25) is 0 Å². The van der Waals surface area contributed by atoms with E-state index in [1.165, 1.54) is 0 Å². The van der Waals surface area contributed by atoms with Gasteiger partial charge in [0.15, 0.2) is 0 Å². The summed E-state index contributed by atoms with van der Waals surface area (Å²) in [4.78, 5) is 11.4. The molecule has 0 saturated heterocycles. The van der Waals surface area contributed by atoms with Gasteiger partial charge in [-0.2, -0.15) is 0 Å². The summed E-state index contributed by atoms with van der Waals surface area (Å²) >= 11 is 0. The van der Waals surface area contributed by atoms with Crippen molar-refractivity contribution in [2.75, 3.05) is 0 Å². The lowest BCUT2D eigenvalue weighted by molar-refractivity contribution is -0.166. The first-order chi connectivity index (χ1) is 5.19. The number of ether oxygens (including phenoxy) is 1. The highest BCUT2D eigenvalue weighted by molar-refractivity contribution is 5.75. The molecule has 0 atom stereocenters. The fourth-order valence-corrected chi connectivity index (χ4v) is 0.476.